The van der Waals surface area contributed by atoms with Crippen molar-refractivity contribution in [1.82, 2.24) is 10.9 Å². The Balaban J connectivity index is 2.11. The zero-order valence-electron chi connectivity index (χ0n) is 4.73. The molecule has 5 heteroatoms. The molecule has 9 heavy (non-hydrogen) atoms. The number of alkyl halides is 2. The summed E-state index contributed by atoms with van der Waals surface area (Å²) in [6.45, 7) is -1.76. The summed E-state index contributed by atoms with van der Waals surface area (Å²) < 4.78 is 27.0. The van der Waals surface area contributed by atoms with E-state index in [-0.39, 0.29) is 6.10 Å². The van der Waals surface area contributed by atoms with E-state index < -0.39 is 6.61 Å². The van der Waals surface area contributed by atoms with Gasteiger partial charge in [-0.2, -0.15) is 8.78 Å². The molecular formula is C4H8F2N2O. The second-order valence-corrected chi connectivity index (χ2v) is 1.78. The van der Waals surface area contributed by atoms with Gasteiger partial charge in [0.25, 0.3) is 0 Å². The standard InChI is InChI=1S/C4H8F2N2O/c5-4(6)9-3-1-7-8-2-3/h3-4,7-8H,1-2H2. The highest BCUT2D eigenvalue weighted by Crippen LogP contribution is 2.01. The Morgan fingerprint density at radius 3 is 2.33 bits per heavy atom. The zero-order valence-corrected chi connectivity index (χ0v) is 4.73. The summed E-state index contributed by atoms with van der Waals surface area (Å²) in [5.41, 5.74) is 5.34. The fourth-order valence-electron chi connectivity index (χ4n) is 0.686. The van der Waals surface area contributed by atoms with E-state index in [1.807, 2.05) is 0 Å². The molecule has 0 aromatic heterocycles. The SMILES string of the molecule is FC(F)OC1CNNC1. The van der Waals surface area contributed by atoms with Gasteiger partial charge in [-0.05, 0) is 0 Å². The first-order chi connectivity index (χ1) is 4.29. The minimum absolute atomic E-state index is 0.384. The molecule has 0 amide bonds. The van der Waals surface area contributed by atoms with E-state index in [1.165, 1.54) is 0 Å². The normalized spacial score (nSPS) is 21.7. The Morgan fingerprint density at radius 2 is 1.89 bits per heavy atom. The van der Waals surface area contributed by atoms with Crippen LogP contribution in [0.5, 0.6) is 0 Å². The largest absolute Gasteiger partial charge is 0.345 e. The van der Waals surface area contributed by atoms with Gasteiger partial charge >= 0.3 is 6.61 Å². The van der Waals surface area contributed by atoms with Gasteiger partial charge in [-0.1, -0.05) is 0 Å². The zero-order chi connectivity index (χ0) is 6.69. The lowest BCUT2D eigenvalue weighted by molar-refractivity contribution is -0.154. The van der Waals surface area contributed by atoms with Crippen LogP contribution in [0.15, 0.2) is 0 Å². The highest BCUT2D eigenvalue weighted by atomic mass is 19.3. The maximum Gasteiger partial charge on any atom is 0.345 e. The topological polar surface area (TPSA) is 33.3 Å². The summed E-state index contributed by atoms with van der Waals surface area (Å²) in [4.78, 5) is 0. The Hall–Kier alpha value is -0.260. The third kappa shape index (κ3) is 2.21. The summed E-state index contributed by atoms with van der Waals surface area (Å²) in [7, 11) is 0. The third-order valence-corrected chi connectivity index (χ3v) is 1.08. The maximum atomic E-state index is 11.4. The predicted molar refractivity (Wildman–Crippen MR) is 26.9 cm³/mol. The van der Waals surface area contributed by atoms with Crippen LogP contribution in [0.25, 0.3) is 0 Å². The molecule has 1 fully saturated rings. The van der Waals surface area contributed by atoms with E-state index in [1.54, 1.807) is 0 Å². The molecule has 0 unspecified atom stereocenters. The van der Waals surface area contributed by atoms with E-state index in [4.69, 9.17) is 0 Å². The maximum absolute atomic E-state index is 11.4. The van der Waals surface area contributed by atoms with E-state index in [2.05, 4.69) is 15.6 Å². The fourth-order valence-corrected chi connectivity index (χ4v) is 0.686. The van der Waals surface area contributed by atoms with Gasteiger partial charge in [0.2, 0.25) is 0 Å². The van der Waals surface area contributed by atoms with Crippen LogP contribution in [-0.2, 0) is 4.74 Å². The van der Waals surface area contributed by atoms with Crippen molar-refractivity contribution in [2.75, 3.05) is 13.1 Å². The molecule has 0 atom stereocenters. The average Bonchev–Trinajstić information content (AvgIpc) is 2.15. The van der Waals surface area contributed by atoms with Crippen molar-refractivity contribution in [3.05, 3.63) is 0 Å². The van der Waals surface area contributed by atoms with Crippen LogP contribution in [-0.4, -0.2) is 25.8 Å². The fraction of sp³-hybridized carbons (Fsp3) is 1.00. The monoisotopic (exact) mass is 138 g/mol. The van der Waals surface area contributed by atoms with Crippen LogP contribution >= 0.6 is 0 Å². The first kappa shape index (κ1) is 6.85. The Morgan fingerprint density at radius 1 is 1.33 bits per heavy atom. The van der Waals surface area contributed by atoms with Crippen molar-refractivity contribution >= 4 is 0 Å². The van der Waals surface area contributed by atoms with Gasteiger partial charge in [-0.15, -0.1) is 0 Å². The second-order valence-electron chi connectivity index (χ2n) is 1.78. The van der Waals surface area contributed by atoms with Crippen LogP contribution in [0.2, 0.25) is 0 Å². The van der Waals surface area contributed by atoms with Crippen molar-refractivity contribution < 1.29 is 13.5 Å². The van der Waals surface area contributed by atoms with Gasteiger partial charge < -0.3 is 4.74 Å². The van der Waals surface area contributed by atoms with Crippen LogP contribution < -0.4 is 10.9 Å². The summed E-state index contributed by atoms with van der Waals surface area (Å²) in [6.07, 6.45) is -0.384. The van der Waals surface area contributed by atoms with Crippen LogP contribution in [0, 0.1) is 0 Å². The predicted octanol–water partition coefficient (Wildman–Crippen LogP) is -0.298. The summed E-state index contributed by atoms with van der Waals surface area (Å²) in [5, 5.41) is 0. The van der Waals surface area contributed by atoms with Crippen molar-refractivity contribution in [3.8, 4) is 0 Å². The number of ether oxygens (including phenoxy) is 1. The number of halogens is 2. The van der Waals surface area contributed by atoms with Crippen molar-refractivity contribution in [2.24, 2.45) is 0 Å². The molecule has 0 bridgehead atoms. The van der Waals surface area contributed by atoms with Crippen molar-refractivity contribution in [3.63, 3.8) is 0 Å². The van der Waals surface area contributed by atoms with Gasteiger partial charge in [0.05, 0.1) is 6.10 Å². The van der Waals surface area contributed by atoms with E-state index in [0.29, 0.717) is 13.1 Å². The molecule has 0 aromatic carbocycles. The number of hydrazine groups is 1. The number of nitrogens with one attached hydrogen (secondary N) is 2. The Labute approximate surface area is 51.3 Å². The lowest BCUT2D eigenvalue weighted by Crippen LogP contribution is -2.21. The van der Waals surface area contributed by atoms with Gasteiger partial charge in [-0.3, -0.25) is 10.9 Å². The molecule has 0 radical (unpaired) electrons. The quantitative estimate of drug-likeness (QED) is 0.549. The molecule has 1 aliphatic heterocycles. The molecule has 2 N–H and O–H groups in total. The Kier molecular flexibility index (Phi) is 2.32. The molecule has 1 saturated heterocycles. The highest BCUT2D eigenvalue weighted by molar-refractivity contribution is 4.68. The highest BCUT2D eigenvalue weighted by Gasteiger charge is 2.18. The molecule has 0 saturated carbocycles. The minimum Gasteiger partial charge on any atom is -0.317 e. The minimum atomic E-state index is -2.66. The smallest absolute Gasteiger partial charge is 0.317 e. The molecular weight excluding hydrogens is 130 g/mol. The van der Waals surface area contributed by atoms with E-state index >= 15 is 0 Å². The van der Waals surface area contributed by atoms with Gasteiger partial charge in [-0.25, -0.2) is 0 Å². The van der Waals surface area contributed by atoms with Crippen LogP contribution in [0.4, 0.5) is 8.78 Å². The van der Waals surface area contributed by atoms with Crippen LogP contribution in [0.3, 0.4) is 0 Å². The second kappa shape index (κ2) is 3.05. The molecule has 1 rings (SSSR count). The summed E-state index contributed by atoms with van der Waals surface area (Å²) in [6, 6.07) is 0. The molecule has 0 aromatic rings. The van der Waals surface area contributed by atoms with Gasteiger partial charge in [0, 0.05) is 13.1 Å². The first-order valence-corrected chi connectivity index (χ1v) is 2.68. The lowest BCUT2D eigenvalue weighted by Gasteiger charge is -2.06. The molecule has 0 spiro atoms. The van der Waals surface area contributed by atoms with Crippen LogP contribution in [0.1, 0.15) is 0 Å². The van der Waals surface area contributed by atoms with Gasteiger partial charge in [0.1, 0.15) is 0 Å². The van der Waals surface area contributed by atoms with E-state index in [0.717, 1.165) is 0 Å². The Bertz CT molecular complexity index is 84.6. The third-order valence-electron chi connectivity index (χ3n) is 1.08. The summed E-state index contributed by atoms with van der Waals surface area (Å²) >= 11 is 0. The molecule has 54 valence electrons. The van der Waals surface area contributed by atoms with E-state index in [9.17, 15) is 8.78 Å². The molecule has 3 nitrogen and oxygen atoms in total. The summed E-state index contributed by atoms with van der Waals surface area (Å²) in [5.74, 6) is 0. The number of rotatable bonds is 2. The molecule has 1 heterocycles. The molecule has 1 aliphatic rings. The number of hydrogen-bond acceptors (Lipinski definition) is 3. The number of hydrogen-bond donors (Lipinski definition) is 2. The van der Waals surface area contributed by atoms with Gasteiger partial charge in [0.15, 0.2) is 0 Å². The van der Waals surface area contributed by atoms with Crippen molar-refractivity contribution in [1.29, 1.82) is 0 Å². The first-order valence-electron chi connectivity index (χ1n) is 2.68. The lowest BCUT2D eigenvalue weighted by atomic mass is 10.4. The molecule has 0 aliphatic carbocycles. The van der Waals surface area contributed by atoms with Crippen molar-refractivity contribution in [2.45, 2.75) is 12.7 Å². The average molecular weight is 138 g/mol.